The maximum absolute atomic E-state index is 3.86. The van der Waals surface area contributed by atoms with E-state index in [9.17, 15) is 0 Å². The summed E-state index contributed by atoms with van der Waals surface area (Å²) in [5.74, 6) is 1.55. The molecule has 2 N–H and O–H groups in total. The first-order valence-electron chi connectivity index (χ1n) is 3.38. The summed E-state index contributed by atoms with van der Waals surface area (Å²) in [6, 6.07) is 0. The minimum Gasteiger partial charge on any atom is -0.316 e. The lowest BCUT2D eigenvalue weighted by molar-refractivity contribution is 0.341. The summed E-state index contributed by atoms with van der Waals surface area (Å²) >= 11 is 0. The van der Waals surface area contributed by atoms with Crippen LogP contribution < -0.4 is 5.32 Å². The zero-order valence-corrected chi connectivity index (χ0v) is 6.77. The van der Waals surface area contributed by atoms with Crippen LogP contribution in [0.3, 0.4) is 0 Å². The lowest BCUT2D eigenvalue weighted by Crippen LogP contribution is -2.43. The third-order valence-electron chi connectivity index (χ3n) is 1.73. The van der Waals surface area contributed by atoms with Crippen molar-refractivity contribution in [1.29, 1.82) is 0 Å². The van der Waals surface area contributed by atoms with E-state index in [0.29, 0.717) is 0 Å². The number of aromatic nitrogens is 4. The molecule has 6 heteroatoms. The van der Waals surface area contributed by atoms with E-state index in [-0.39, 0.29) is 12.4 Å². The third kappa shape index (κ3) is 1.87. The summed E-state index contributed by atoms with van der Waals surface area (Å²) < 4.78 is 0. The lowest BCUT2D eigenvalue weighted by atomic mass is 9.99. The molecule has 1 saturated heterocycles. The Morgan fingerprint density at radius 1 is 1.45 bits per heavy atom. The van der Waals surface area contributed by atoms with Crippen molar-refractivity contribution < 1.29 is 0 Å². The first-order chi connectivity index (χ1) is 4.95. The van der Waals surface area contributed by atoms with E-state index in [4.69, 9.17) is 0 Å². The van der Waals surface area contributed by atoms with Gasteiger partial charge in [0.05, 0.1) is 0 Å². The van der Waals surface area contributed by atoms with Crippen molar-refractivity contribution >= 4 is 12.4 Å². The topological polar surface area (TPSA) is 66.5 Å². The second-order valence-electron chi connectivity index (χ2n) is 2.56. The van der Waals surface area contributed by atoms with Crippen molar-refractivity contribution in [3.05, 3.63) is 5.82 Å². The molecule has 0 aliphatic carbocycles. The Morgan fingerprint density at radius 3 is 2.73 bits per heavy atom. The zero-order chi connectivity index (χ0) is 6.81. The molecule has 5 nitrogen and oxygen atoms in total. The first kappa shape index (κ1) is 8.42. The van der Waals surface area contributed by atoms with Gasteiger partial charge in [-0.15, -0.1) is 22.6 Å². The van der Waals surface area contributed by atoms with Gasteiger partial charge < -0.3 is 5.32 Å². The van der Waals surface area contributed by atoms with Gasteiger partial charge in [0.1, 0.15) is 0 Å². The first-order valence-corrected chi connectivity index (χ1v) is 3.38. The Bertz CT molecular complexity index is 195. The van der Waals surface area contributed by atoms with Crippen LogP contribution in [0, 0.1) is 5.92 Å². The van der Waals surface area contributed by atoms with Gasteiger partial charge in [-0.1, -0.05) is 5.21 Å². The summed E-state index contributed by atoms with van der Waals surface area (Å²) in [5, 5.41) is 16.8. The third-order valence-corrected chi connectivity index (χ3v) is 1.73. The van der Waals surface area contributed by atoms with E-state index < -0.39 is 0 Å². The van der Waals surface area contributed by atoms with Crippen LogP contribution in [-0.2, 0) is 6.42 Å². The molecule has 11 heavy (non-hydrogen) atoms. The van der Waals surface area contributed by atoms with E-state index in [1.165, 1.54) is 0 Å². The number of tetrazole rings is 1. The van der Waals surface area contributed by atoms with Crippen LogP contribution in [0.4, 0.5) is 0 Å². The molecule has 0 atom stereocenters. The van der Waals surface area contributed by atoms with E-state index in [0.717, 1.165) is 31.3 Å². The highest BCUT2D eigenvalue weighted by Crippen LogP contribution is 2.07. The van der Waals surface area contributed by atoms with Crippen molar-refractivity contribution in [1.82, 2.24) is 25.9 Å². The monoisotopic (exact) mass is 175 g/mol. The van der Waals surface area contributed by atoms with Gasteiger partial charge in [0, 0.05) is 6.42 Å². The van der Waals surface area contributed by atoms with Crippen LogP contribution in [0.1, 0.15) is 5.82 Å². The van der Waals surface area contributed by atoms with Crippen LogP contribution in [0.2, 0.25) is 0 Å². The molecule has 0 radical (unpaired) electrons. The number of rotatable bonds is 2. The van der Waals surface area contributed by atoms with Crippen molar-refractivity contribution in [3.8, 4) is 0 Å². The van der Waals surface area contributed by atoms with Crippen molar-refractivity contribution in [2.45, 2.75) is 6.42 Å². The molecular weight excluding hydrogens is 166 g/mol. The summed E-state index contributed by atoms with van der Waals surface area (Å²) in [6.07, 6.45) is 0.948. The summed E-state index contributed by atoms with van der Waals surface area (Å²) in [7, 11) is 0. The Hall–Kier alpha value is -0.680. The van der Waals surface area contributed by atoms with Gasteiger partial charge in [-0.2, -0.15) is 5.21 Å². The maximum atomic E-state index is 3.86. The molecular formula is C5H10ClN5. The van der Waals surface area contributed by atoms with Gasteiger partial charge >= 0.3 is 0 Å². The predicted octanol–water partition coefficient (Wildman–Crippen LogP) is -0.617. The molecule has 62 valence electrons. The smallest absolute Gasteiger partial charge is 0.174 e. The molecule has 0 saturated carbocycles. The number of aromatic amines is 1. The molecule has 0 aromatic carbocycles. The largest absolute Gasteiger partial charge is 0.316 e. The zero-order valence-electron chi connectivity index (χ0n) is 5.95. The predicted molar refractivity (Wildman–Crippen MR) is 41.5 cm³/mol. The summed E-state index contributed by atoms with van der Waals surface area (Å²) in [5.41, 5.74) is 0. The van der Waals surface area contributed by atoms with Crippen LogP contribution in [0.5, 0.6) is 0 Å². The second kappa shape index (κ2) is 3.64. The number of nitrogens with zero attached hydrogens (tertiary/aromatic N) is 3. The molecule has 2 rings (SSSR count). The normalized spacial score (nSPS) is 17.1. The van der Waals surface area contributed by atoms with Crippen molar-refractivity contribution in [2.24, 2.45) is 5.92 Å². The molecule has 2 heterocycles. The van der Waals surface area contributed by atoms with Gasteiger partial charge in [-0.05, 0) is 19.0 Å². The van der Waals surface area contributed by atoms with Gasteiger partial charge in [-0.3, -0.25) is 0 Å². The molecule has 1 aromatic rings. The van der Waals surface area contributed by atoms with Gasteiger partial charge in [0.25, 0.3) is 0 Å². The highest BCUT2D eigenvalue weighted by molar-refractivity contribution is 5.85. The van der Waals surface area contributed by atoms with Crippen LogP contribution in [-0.4, -0.2) is 33.7 Å². The molecule has 1 aromatic heterocycles. The van der Waals surface area contributed by atoms with Gasteiger partial charge in [0.15, 0.2) is 5.82 Å². The van der Waals surface area contributed by atoms with E-state index in [2.05, 4.69) is 25.9 Å². The lowest BCUT2D eigenvalue weighted by Gasteiger charge is -2.25. The average Bonchev–Trinajstić information content (AvgIpc) is 2.29. The van der Waals surface area contributed by atoms with Crippen LogP contribution in [0.25, 0.3) is 0 Å². The fraction of sp³-hybridized carbons (Fsp3) is 0.800. The molecule has 0 unspecified atom stereocenters. The molecule has 1 fully saturated rings. The van der Waals surface area contributed by atoms with E-state index in [1.54, 1.807) is 0 Å². The minimum atomic E-state index is 0. The fourth-order valence-electron chi connectivity index (χ4n) is 1.02. The summed E-state index contributed by atoms with van der Waals surface area (Å²) in [4.78, 5) is 0. The van der Waals surface area contributed by atoms with Crippen molar-refractivity contribution in [2.75, 3.05) is 13.1 Å². The second-order valence-corrected chi connectivity index (χ2v) is 2.56. The quantitative estimate of drug-likeness (QED) is 0.629. The van der Waals surface area contributed by atoms with E-state index in [1.807, 2.05) is 0 Å². The molecule has 0 bridgehead atoms. The Kier molecular flexibility index (Phi) is 2.78. The van der Waals surface area contributed by atoms with Crippen LogP contribution >= 0.6 is 12.4 Å². The standard InChI is InChI=1S/C5H9N5.ClH/c1(4-2-6-3-4)5-7-9-10-8-5;/h4,6H,1-3H2,(H,7,8,9,10);1H. The fourth-order valence-corrected chi connectivity index (χ4v) is 1.02. The number of hydrogen-bond donors (Lipinski definition) is 2. The number of nitrogens with one attached hydrogen (secondary N) is 2. The molecule has 1 aliphatic heterocycles. The average molecular weight is 176 g/mol. The number of halogens is 1. The van der Waals surface area contributed by atoms with E-state index >= 15 is 0 Å². The summed E-state index contributed by atoms with van der Waals surface area (Å²) in [6.45, 7) is 2.18. The molecule has 0 amide bonds. The highest BCUT2D eigenvalue weighted by Gasteiger charge is 2.18. The Balaban J connectivity index is 0.000000605. The number of H-pyrrole nitrogens is 1. The Morgan fingerprint density at radius 2 is 2.27 bits per heavy atom. The van der Waals surface area contributed by atoms with Gasteiger partial charge in [-0.25, -0.2) is 0 Å². The van der Waals surface area contributed by atoms with Crippen molar-refractivity contribution in [3.63, 3.8) is 0 Å². The number of hydrogen-bond acceptors (Lipinski definition) is 4. The Labute approximate surface area is 70.4 Å². The SMILES string of the molecule is C1NCC1Cc1nn[nH]n1.Cl. The van der Waals surface area contributed by atoms with Crippen LogP contribution in [0.15, 0.2) is 0 Å². The molecule has 1 aliphatic rings. The van der Waals surface area contributed by atoms with Gasteiger partial charge in [0.2, 0.25) is 0 Å². The minimum absolute atomic E-state index is 0. The molecule has 0 spiro atoms. The maximum Gasteiger partial charge on any atom is 0.174 e. The highest BCUT2D eigenvalue weighted by atomic mass is 35.5.